The first-order valence-electron chi connectivity index (χ1n) is 10.7. The Labute approximate surface area is 186 Å². The molecule has 2 amide bonds. The lowest BCUT2D eigenvalue weighted by Gasteiger charge is -2.46. The van der Waals surface area contributed by atoms with Gasteiger partial charge in [0.15, 0.2) is 6.61 Å². The molecule has 6 nitrogen and oxygen atoms in total. The van der Waals surface area contributed by atoms with Gasteiger partial charge < -0.3 is 9.64 Å². The molecule has 1 aliphatic heterocycles. The van der Waals surface area contributed by atoms with Gasteiger partial charge in [-0.25, -0.2) is 4.39 Å². The van der Waals surface area contributed by atoms with Crippen molar-refractivity contribution in [3.05, 3.63) is 60.7 Å². The quantitative estimate of drug-likeness (QED) is 0.563. The molecular weight excluding hydrogens is 409 g/mol. The summed E-state index contributed by atoms with van der Waals surface area (Å²) in [5, 5.41) is 1.75. The number of halogens is 1. The second kappa shape index (κ2) is 8.57. The van der Waals surface area contributed by atoms with Crippen LogP contribution in [0.1, 0.15) is 33.6 Å². The molecule has 0 atom stereocenters. The molecule has 0 spiro atoms. The van der Waals surface area contributed by atoms with Crippen LogP contribution >= 0.6 is 0 Å². The fourth-order valence-electron chi connectivity index (χ4n) is 4.15. The summed E-state index contributed by atoms with van der Waals surface area (Å²) in [7, 11) is 0. The van der Waals surface area contributed by atoms with E-state index < -0.39 is 11.4 Å². The second-order valence-corrected chi connectivity index (χ2v) is 8.37. The lowest BCUT2D eigenvalue weighted by molar-refractivity contribution is -0.129. The predicted octanol–water partition coefficient (Wildman–Crippen LogP) is 4.71. The zero-order valence-electron chi connectivity index (χ0n) is 18.5. The van der Waals surface area contributed by atoms with Crippen LogP contribution < -0.4 is 14.5 Å². The first-order valence-corrected chi connectivity index (χ1v) is 10.7. The van der Waals surface area contributed by atoms with Crippen molar-refractivity contribution < 1.29 is 18.7 Å². The van der Waals surface area contributed by atoms with Gasteiger partial charge >= 0.3 is 0 Å². The molecule has 0 aliphatic carbocycles. The number of fused-ring (bicyclic) bond motifs is 2. The average Bonchev–Trinajstić information content (AvgIpc) is 2.78. The molecule has 1 aromatic heterocycles. The molecule has 0 fully saturated rings. The van der Waals surface area contributed by atoms with E-state index in [1.54, 1.807) is 43.3 Å². The van der Waals surface area contributed by atoms with Crippen molar-refractivity contribution in [3.8, 4) is 5.75 Å². The minimum Gasteiger partial charge on any atom is -0.483 e. The number of unbranched alkanes of at least 4 members (excludes halogenated alkanes) is 1. The van der Waals surface area contributed by atoms with Gasteiger partial charge in [0.2, 0.25) is 0 Å². The third kappa shape index (κ3) is 3.79. The smallest absolute Gasteiger partial charge is 0.265 e. The summed E-state index contributed by atoms with van der Waals surface area (Å²) in [6.07, 6.45) is 5.07. The van der Waals surface area contributed by atoms with E-state index in [0.29, 0.717) is 23.7 Å². The average molecular weight is 435 g/mol. The lowest BCUT2D eigenvalue weighted by atomic mass is 9.94. The maximum Gasteiger partial charge on any atom is 0.265 e. The number of carbonyl (C=O) groups excluding carboxylic acids is 2. The van der Waals surface area contributed by atoms with Gasteiger partial charge in [-0.15, -0.1) is 0 Å². The van der Waals surface area contributed by atoms with Crippen molar-refractivity contribution in [2.24, 2.45) is 0 Å². The first-order chi connectivity index (χ1) is 15.3. The van der Waals surface area contributed by atoms with E-state index in [0.717, 1.165) is 23.6 Å². The number of rotatable bonds is 6. The zero-order chi connectivity index (χ0) is 22.9. The van der Waals surface area contributed by atoms with Gasteiger partial charge in [-0.2, -0.15) is 0 Å². The van der Waals surface area contributed by atoms with Gasteiger partial charge in [0.1, 0.15) is 17.1 Å². The van der Waals surface area contributed by atoms with Crippen LogP contribution in [0.25, 0.3) is 10.8 Å². The van der Waals surface area contributed by atoms with Crippen LogP contribution in [0.4, 0.5) is 15.8 Å². The zero-order valence-corrected chi connectivity index (χ0v) is 18.5. The summed E-state index contributed by atoms with van der Waals surface area (Å²) in [5.41, 5.74) is -0.225. The van der Waals surface area contributed by atoms with Crippen molar-refractivity contribution in [1.29, 1.82) is 0 Å². The molecule has 0 N–H and O–H groups in total. The molecule has 1 aliphatic rings. The summed E-state index contributed by atoms with van der Waals surface area (Å²) < 4.78 is 20.0. The summed E-state index contributed by atoms with van der Waals surface area (Å²) >= 11 is 0. The van der Waals surface area contributed by atoms with Gasteiger partial charge in [0.25, 0.3) is 11.8 Å². The Morgan fingerprint density at radius 1 is 1.16 bits per heavy atom. The maximum absolute atomic E-state index is 14.1. The fraction of sp³-hybridized carbons (Fsp3) is 0.320. The Morgan fingerprint density at radius 3 is 2.75 bits per heavy atom. The molecule has 0 unspecified atom stereocenters. The van der Waals surface area contributed by atoms with Crippen molar-refractivity contribution in [1.82, 2.24) is 4.98 Å². The van der Waals surface area contributed by atoms with E-state index in [1.807, 2.05) is 25.1 Å². The van der Waals surface area contributed by atoms with E-state index >= 15 is 0 Å². The van der Waals surface area contributed by atoms with Gasteiger partial charge in [-0.05, 0) is 50.6 Å². The van der Waals surface area contributed by atoms with Crippen LogP contribution in [0, 0.1) is 5.82 Å². The Morgan fingerprint density at radius 2 is 1.97 bits per heavy atom. The van der Waals surface area contributed by atoms with Crippen LogP contribution in [0.3, 0.4) is 0 Å². The van der Waals surface area contributed by atoms with Crippen LogP contribution in [-0.4, -0.2) is 35.5 Å². The molecule has 0 radical (unpaired) electrons. The molecule has 0 saturated heterocycles. The number of anilines is 2. The molecule has 2 aromatic carbocycles. The Kier molecular flexibility index (Phi) is 5.82. The summed E-state index contributed by atoms with van der Waals surface area (Å²) in [4.78, 5) is 33.8. The number of hydrogen-bond donors (Lipinski definition) is 0. The number of nitrogens with zero attached hydrogens (tertiary/aromatic N) is 3. The number of aromatic nitrogens is 1. The van der Waals surface area contributed by atoms with Crippen LogP contribution in [0.15, 0.2) is 54.9 Å². The number of amides is 2. The molecule has 0 bridgehead atoms. The third-order valence-electron chi connectivity index (χ3n) is 5.77. The molecule has 166 valence electrons. The summed E-state index contributed by atoms with van der Waals surface area (Å²) in [6, 6.07) is 11.5. The van der Waals surface area contributed by atoms with E-state index in [1.165, 1.54) is 17.0 Å². The number of benzene rings is 2. The number of pyridine rings is 1. The van der Waals surface area contributed by atoms with Crippen LogP contribution in [0.5, 0.6) is 5.75 Å². The van der Waals surface area contributed by atoms with Crippen molar-refractivity contribution in [3.63, 3.8) is 0 Å². The molecule has 3 aromatic rings. The third-order valence-corrected chi connectivity index (χ3v) is 5.77. The Balaban J connectivity index is 1.66. The topological polar surface area (TPSA) is 62.7 Å². The Hall–Kier alpha value is -3.48. The van der Waals surface area contributed by atoms with Crippen molar-refractivity contribution in [2.45, 2.75) is 39.2 Å². The van der Waals surface area contributed by atoms with E-state index in [2.05, 4.69) is 4.98 Å². The highest BCUT2D eigenvalue weighted by Gasteiger charge is 2.47. The van der Waals surface area contributed by atoms with Gasteiger partial charge in [-0.3, -0.25) is 19.5 Å². The maximum atomic E-state index is 14.1. The van der Waals surface area contributed by atoms with Gasteiger partial charge in [0, 0.05) is 29.7 Å². The van der Waals surface area contributed by atoms with E-state index in [9.17, 15) is 14.0 Å². The molecule has 2 heterocycles. The number of carbonyl (C=O) groups is 2. The van der Waals surface area contributed by atoms with Crippen LogP contribution in [-0.2, 0) is 9.59 Å². The molecule has 32 heavy (non-hydrogen) atoms. The van der Waals surface area contributed by atoms with E-state index in [4.69, 9.17) is 4.74 Å². The second-order valence-electron chi connectivity index (χ2n) is 8.37. The van der Waals surface area contributed by atoms with Gasteiger partial charge in [-0.1, -0.05) is 25.5 Å². The highest BCUT2D eigenvalue weighted by Crippen LogP contribution is 2.41. The first kappa shape index (κ1) is 21.7. The molecule has 7 heteroatoms. The minimum atomic E-state index is -1.14. The summed E-state index contributed by atoms with van der Waals surface area (Å²) in [6.45, 7) is 5.66. The monoisotopic (exact) mass is 435 g/mol. The largest absolute Gasteiger partial charge is 0.483 e. The SMILES string of the molecule is CCCCN1C(=O)C(C)(C)N(C(=O)COc2cccc3cnccc23)c2ccc(F)cc21. The van der Waals surface area contributed by atoms with E-state index in [-0.39, 0.29) is 18.4 Å². The number of ether oxygens (including phenoxy) is 1. The highest BCUT2D eigenvalue weighted by molar-refractivity contribution is 6.15. The molecule has 4 rings (SSSR count). The highest BCUT2D eigenvalue weighted by atomic mass is 19.1. The van der Waals surface area contributed by atoms with Crippen molar-refractivity contribution in [2.75, 3.05) is 23.0 Å². The molecule has 0 saturated carbocycles. The normalized spacial score (nSPS) is 15.1. The predicted molar refractivity (Wildman–Crippen MR) is 122 cm³/mol. The van der Waals surface area contributed by atoms with Gasteiger partial charge in [0.05, 0.1) is 11.4 Å². The summed E-state index contributed by atoms with van der Waals surface area (Å²) in [5.74, 6) is -0.514. The standard InChI is InChI=1S/C25H26FN3O3/c1-4-5-13-28-21-14-18(26)9-10-20(21)29(25(2,3)24(28)31)23(30)16-32-22-8-6-7-17-15-27-12-11-19(17)22/h6-12,14-15H,4-5,13,16H2,1-3H3. The lowest BCUT2D eigenvalue weighted by Crippen LogP contribution is -2.63. The molecular formula is C25H26FN3O3. The number of hydrogen-bond acceptors (Lipinski definition) is 4. The Bertz CT molecular complexity index is 1170. The van der Waals surface area contributed by atoms with Crippen LogP contribution in [0.2, 0.25) is 0 Å². The minimum absolute atomic E-state index is 0.242. The fourth-order valence-corrected chi connectivity index (χ4v) is 4.15. The van der Waals surface area contributed by atoms with Crippen molar-refractivity contribution >= 4 is 34.0 Å².